The van der Waals surface area contributed by atoms with E-state index in [1.165, 1.54) is 6.92 Å². The van der Waals surface area contributed by atoms with Crippen LogP contribution in [0, 0.1) is 0 Å². The molecule has 0 aliphatic heterocycles. The van der Waals surface area contributed by atoms with E-state index in [0.717, 1.165) is 11.1 Å². The summed E-state index contributed by atoms with van der Waals surface area (Å²) >= 11 is 0. The molecule has 116 valence electrons. The predicted octanol–water partition coefficient (Wildman–Crippen LogP) is 3.92. The van der Waals surface area contributed by atoms with E-state index in [-0.39, 0.29) is 11.3 Å². The fourth-order valence-corrected chi connectivity index (χ4v) is 2.51. The topological polar surface area (TPSA) is 62.8 Å². The highest BCUT2D eigenvalue weighted by molar-refractivity contribution is 5.94. The standard InChI is InChI=1S/C19H18N2O2/c1-11(2)15-8-9-17-16(10-15)19(23)21-18(20-17)14-6-4-13(5-7-14)12(3)22/h4-11H,1-3H3,(H,20,21,23). The molecule has 0 unspecified atom stereocenters. The lowest BCUT2D eigenvalue weighted by Gasteiger charge is -2.08. The van der Waals surface area contributed by atoms with Crippen molar-refractivity contribution in [3.63, 3.8) is 0 Å². The summed E-state index contributed by atoms with van der Waals surface area (Å²) in [6, 6.07) is 12.9. The summed E-state index contributed by atoms with van der Waals surface area (Å²) in [5.41, 5.74) is 3.05. The summed E-state index contributed by atoms with van der Waals surface area (Å²) in [5, 5.41) is 0.598. The molecule has 2 aromatic carbocycles. The normalized spacial score (nSPS) is 11.1. The monoisotopic (exact) mass is 306 g/mol. The Kier molecular flexibility index (Phi) is 3.82. The highest BCUT2D eigenvalue weighted by Gasteiger charge is 2.09. The maximum absolute atomic E-state index is 12.4. The molecular formula is C19H18N2O2. The molecule has 0 saturated carbocycles. The number of aromatic nitrogens is 2. The van der Waals surface area contributed by atoms with Crippen LogP contribution in [0.3, 0.4) is 0 Å². The second-order valence-corrected chi connectivity index (χ2v) is 5.98. The highest BCUT2D eigenvalue weighted by atomic mass is 16.1. The number of ketones is 1. The van der Waals surface area contributed by atoms with E-state index in [1.807, 2.05) is 18.2 Å². The number of carbonyl (C=O) groups excluding carboxylic acids is 1. The highest BCUT2D eigenvalue weighted by Crippen LogP contribution is 2.21. The molecule has 23 heavy (non-hydrogen) atoms. The molecule has 0 saturated heterocycles. The number of nitrogens with one attached hydrogen (secondary N) is 1. The van der Waals surface area contributed by atoms with Crippen LogP contribution in [0.4, 0.5) is 0 Å². The molecular weight excluding hydrogens is 288 g/mol. The largest absolute Gasteiger partial charge is 0.306 e. The molecule has 0 spiro atoms. The summed E-state index contributed by atoms with van der Waals surface area (Å²) in [7, 11) is 0. The molecule has 0 bridgehead atoms. The lowest BCUT2D eigenvalue weighted by molar-refractivity contribution is 0.101. The molecule has 4 nitrogen and oxygen atoms in total. The Morgan fingerprint density at radius 2 is 1.78 bits per heavy atom. The molecule has 1 aromatic heterocycles. The van der Waals surface area contributed by atoms with Gasteiger partial charge >= 0.3 is 0 Å². The van der Waals surface area contributed by atoms with Crippen molar-refractivity contribution in [1.82, 2.24) is 9.97 Å². The Balaban J connectivity index is 2.11. The van der Waals surface area contributed by atoms with Crippen molar-refractivity contribution in [3.8, 4) is 11.4 Å². The van der Waals surface area contributed by atoms with Crippen LogP contribution in [0.15, 0.2) is 47.3 Å². The molecule has 0 fully saturated rings. The van der Waals surface area contributed by atoms with Gasteiger partial charge in [-0.15, -0.1) is 0 Å². The average Bonchev–Trinajstić information content (AvgIpc) is 2.54. The molecule has 0 aliphatic rings. The molecule has 0 atom stereocenters. The van der Waals surface area contributed by atoms with E-state index in [1.54, 1.807) is 24.3 Å². The van der Waals surface area contributed by atoms with E-state index in [2.05, 4.69) is 23.8 Å². The lowest BCUT2D eigenvalue weighted by Crippen LogP contribution is -2.10. The summed E-state index contributed by atoms with van der Waals surface area (Å²) < 4.78 is 0. The first-order valence-corrected chi connectivity index (χ1v) is 7.61. The van der Waals surface area contributed by atoms with Crippen LogP contribution in [0.5, 0.6) is 0 Å². The third-order valence-corrected chi connectivity index (χ3v) is 3.96. The van der Waals surface area contributed by atoms with Crippen LogP contribution in [-0.2, 0) is 0 Å². The molecule has 4 heteroatoms. The summed E-state index contributed by atoms with van der Waals surface area (Å²) in [4.78, 5) is 31.1. The fraction of sp³-hybridized carbons (Fsp3) is 0.211. The third kappa shape index (κ3) is 2.93. The zero-order chi connectivity index (χ0) is 16.6. The minimum atomic E-state index is -0.150. The smallest absolute Gasteiger partial charge is 0.259 e. The number of benzene rings is 2. The number of H-pyrrole nitrogens is 1. The molecule has 3 rings (SSSR count). The van der Waals surface area contributed by atoms with E-state index in [9.17, 15) is 9.59 Å². The summed E-state index contributed by atoms with van der Waals surface area (Å²) in [6.45, 7) is 5.71. The molecule has 1 heterocycles. The van der Waals surface area contributed by atoms with E-state index in [0.29, 0.717) is 28.2 Å². The molecule has 3 aromatic rings. The minimum Gasteiger partial charge on any atom is -0.306 e. The van der Waals surface area contributed by atoms with Gasteiger partial charge in [0, 0.05) is 11.1 Å². The van der Waals surface area contributed by atoms with E-state index in [4.69, 9.17) is 0 Å². The second-order valence-electron chi connectivity index (χ2n) is 5.98. The number of nitrogens with zero attached hydrogens (tertiary/aromatic N) is 1. The first-order valence-electron chi connectivity index (χ1n) is 7.61. The van der Waals surface area contributed by atoms with Gasteiger partial charge in [-0.1, -0.05) is 44.2 Å². The zero-order valence-electron chi connectivity index (χ0n) is 13.4. The predicted molar refractivity (Wildman–Crippen MR) is 91.9 cm³/mol. The van der Waals surface area contributed by atoms with Crippen molar-refractivity contribution in [1.29, 1.82) is 0 Å². The number of aromatic amines is 1. The average molecular weight is 306 g/mol. The van der Waals surface area contributed by atoms with Gasteiger partial charge in [0.25, 0.3) is 5.56 Å². The summed E-state index contributed by atoms with van der Waals surface area (Å²) in [6.07, 6.45) is 0. The Morgan fingerprint density at radius 1 is 1.09 bits per heavy atom. The van der Waals surface area contributed by atoms with Gasteiger partial charge in [0.15, 0.2) is 5.78 Å². The first kappa shape index (κ1) is 15.2. The fourth-order valence-electron chi connectivity index (χ4n) is 2.51. The molecule has 1 N–H and O–H groups in total. The Labute approximate surface area is 134 Å². The first-order chi connectivity index (χ1) is 11.0. The lowest BCUT2D eigenvalue weighted by atomic mass is 10.0. The van der Waals surface area contributed by atoms with Crippen LogP contribution >= 0.6 is 0 Å². The number of rotatable bonds is 3. The van der Waals surface area contributed by atoms with Crippen LogP contribution in [0.1, 0.15) is 42.6 Å². The number of fused-ring (bicyclic) bond motifs is 1. The van der Waals surface area contributed by atoms with Gasteiger partial charge in [0.2, 0.25) is 0 Å². The van der Waals surface area contributed by atoms with Gasteiger partial charge in [-0.05, 0) is 30.5 Å². The zero-order valence-corrected chi connectivity index (χ0v) is 13.4. The van der Waals surface area contributed by atoms with E-state index >= 15 is 0 Å². The SMILES string of the molecule is CC(=O)c1ccc(-c2nc3ccc(C(C)C)cc3c(=O)[nH]2)cc1. The van der Waals surface area contributed by atoms with Crippen molar-refractivity contribution in [2.45, 2.75) is 26.7 Å². The minimum absolute atomic E-state index is 0.0118. The number of Topliss-reactive ketones (excluding diaryl/α,β-unsaturated/α-hetero) is 1. The quantitative estimate of drug-likeness (QED) is 0.746. The number of hydrogen-bond acceptors (Lipinski definition) is 3. The van der Waals surface area contributed by atoms with Crippen LogP contribution in [-0.4, -0.2) is 15.8 Å². The van der Waals surface area contributed by atoms with Gasteiger partial charge < -0.3 is 4.98 Å². The molecule has 0 amide bonds. The van der Waals surface area contributed by atoms with Crippen molar-refractivity contribution in [2.24, 2.45) is 0 Å². The van der Waals surface area contributed by atoms with E-state index < -0.39 is 0 Å². The molecule has 0 radical (unpaired) electrons. The van der Waals surface area contributed by atoms with Crippen LogP contribution in [0.25, 0.3) is 22.3 Å². The van der Waals surface area contributed by atoms with Crippen LogP contribution in [0.2, 0.25) is 0 Å². The number of carbonyl (C=O) groups is 1. The van der Waals surface area contributed by atoms with Gasteiger partial charge in [0.05, 0.1) is 10.9 Å². The van der Waals surface area contributed by atoms with Crippen molar-refractivity contribution in [3.05, 3.63) is 63.9 Å². The van der Waals surface area contributed by atoms with Crippen molar-refractivity contribution >= 4 is 16.7 Å². The maximum Gasteiger partial charge on any atom is 0.259 e. The number of hydrogen-bond donors (Lipinski definition) is 1. The Morgan fingerprint density at radius 3 is 2.39 bits per heavy atom. The van der Waals surface area contributed by atoms with Crippen molar-refractivity contribution in [2.75, 3.05) is 0 Å². The Bertz CT molecular complexity index is 938. The Hall–Kier alpha value is -2.75. The van der Waals surface area contributed by atoms with Gasteiger partial charge in [-0.3, -0.25) is 9.59 Å². The van der Waals surface area contributed by atoms with Gasteiger partial charge in [-0.25, -0.2) is 4.98 Å². The van der Waals surface area contributed by atoms with Gasteiger partial charge in [0.1, 0.15) is 5.82 Å². The van der Waals surface area contributed by atoms with Crippen molar-refractivity contribution < 1.29 is 4.79 Å². The third-order valence-electron chi connectivity index (χ3n) is 3.96. The van der Waals surface area contributed by atoms with Gasteiger partial charge in [-0.2, -0.15) is 0 Å². The summed E-state index contributed by atoms with van der Waals surface area (Å²) in [5.74, 6) is 0.880. The second kappa shape index (κ2) is 5.80. The maximum atomic E-state index is 12.4. The molecule has 0 aliphatic carbocycles. The van der Waals surface area contributed by atoms with Crippen LogP contribution < -0.4 is 5.56 Å².